The summed E-state index contributed by atoms with van der Waals surface area (Å²) >= 11 is 0. The average molecular weight is 205 g/mol. The number of aliphatic hydroxyl groups excluding tert-OH is 4. The van der Waals surface area contributed by atoms with Crippen molar-refractivity contribution in [3.63, 3.8) is 0 Å². The minimum Gasteiger partial charge on any atom is -0.394 e. The van der Waals surface area contributed by atoms with Crippen molar-refractivity contribution in [1.29, 1.82) is 0 Å². The lowest BCUT2D eigenvalue weighted by Crippen LogP contribution is -2.57. The Kier molecular flexibility index (Phi) is 3.64. The van der Waals surface area contributed by atoms with Crippen molar-refractivity contribution in [1.82, 2.24) is 0 Å². The molecule has 8 heteroatoms. The van der Waals surface area contributed by atoms with Crippen molar-refractivity contribution in [2.75, 3.05) is 6.61 Å². The molecule has 0 aromatic heterocycles. The normalized spacial score (nSPS) is 43.0. The molecule has 0 spiro atoms. The highest BCUT2D eigenvalue weighted by molar-refractivity contribution is 4.92. The molecule has 0 radical (unpaired) electrons. The van der Waals surface area contributed by atoms with Gasteiger partial charge in [-0.1, -0.05) is 5.11 Å². The van der Waals surface area contributed by atoms with Crippen LogP contribution in [0.1, 0.15) is 0 Å². The molecular weight excluding hydrogens is 194 g/mol. The topological polar surface area (TPSA) is 139 Å². The van der Waals surface area contributed by atoms with E-state index >= 15 is 0 Å². The van der Waals surface area contributed by atoms with E-state index in [9.17, 15) is 15.3 Å². The number of ether oxygens (including phenoxy) is 1. The first-order chi connectivity index (χ1) is 6.61. The first-order valence-corrected chi connectivity index (χ1v) is 3.96. The summed E-state index contributed by atoms with van der Waals surface area (Å²) in [5.74, 6) is 0. The number of hydrogen-bond donors (Lipinski definition) is 4. The van der Waals surface area contributed by atoms with Gasteiger partial charge in [0, 0.05) is 4.91 Å². The summed E-state index contributed by atoms with van der Waals surface area (Å²) in [6.07, 6.45) is -5.45. The highest BCUT2D eigenvalue weighted by atomic mass is 16.6. The molecule has 80 valence electrons. The molecule has 1 saturated heterocycles. The van der Waals surface area contributed by atoms with Crippen LogP contribution in [0.25, 0.3) is 10.4 Å². The van der Waals surface area contributed by atoms with Crippen LogP contribution in [0.15, 0.2) is 5.11 Å². The quantitative estimate of drug-likeness (QED) is 0.237. The highest BCUT2D eigenvalue weighted by Gasteiger charge is 2.43. The minimum atomic E-state index is -1.53. The monoisotopic (exact) mass is 205 g/mol. The van der Waals surface area contributed by atoms with Gasteiger partial charge in [-0.05, 0) is 5.53 Å². The molecule has 5 atom stereocenters. The van der Waals surface area contributed by atoms with Gasteiger partial charge in [-0.3, -0.25) is 0 Å². The molecule has 0 aromatic rings. The maximum Gasteiger partial charge on any atom is 0.166 e. The molecule has 8 nitrogen and oxygen atoms in total. The van der Waals surface area contributed by atoms with Crippen LogP contribution in [-0.4, -0.2) is 57.7 Å². The highest BCUT2D eigenvalue weighted by Crippen LogP contribution is 2.21. The minimum absolute atomic E-state index is 0.543. The number of hydrogen-bond acceptors (Lipinski definition) is 6. The van der Waals surface area contributed by atoms with E-state index in [1.54, 1.807) is 0 Å². The van der Waals surface area contributed by atoms with E-state index in [0.717, 1.165) is 0 Å². The Morgan fingerprint density at radius 1 is 1.29 bits per heavy atom. The van der Waals surface area contributed by atoms with Gasteiger partial charge in [0.05, 0.1) is 12.7 Å². The van der Waals surface area contributed by atoms with E-state index in [-0.39, 0.29) is 0 Å². The van der Waals surface area contributed by atoms with Crippen LogP contribution in [-0.2, 0) is 4.74 Å². The summed E-state index contributed by atoms with van der Waals surface area (Å²) in [5.41, 5.74) is 8.11. The molecule has 1 fully saturated rings. The third-order valence-electron chi connectivity index (χ3n) is 2.05. The summed E-state index contributed by atoms with van der Waals surface area (Å²) in [6, 6.07) is -1.27. The predicted molar refractivity (Wildman–Crippen MR) is 42.9 cm³/mol. The molecule has 1 aliphatic heterocycles. The van der Waals surface area contributed by atoms with Gasteiger partial charge in [-0.25, -0.2) is 0 Å². The summed E-state index contributed by atoms with van der Waals surface area (Å²) in [7, 11) is 0. The van der Waals surface area contributed by atoms with Crippen LogP contribution < -0.4 is 0 Å². The van der Waals surface area contributed by atoms with Crippen molar-refractivity contribution >= 4 is 0 Å². The molecule has 1 aliphatic rings. The van der Waals surface area contributed by atoms with E-state index in [4.69, 9.17) is 15.4 Å². The second-order valence-corrected chi connectivity index (χ2v) is 2.92. The van der Waals surface area contributed by atoms with Crippen LogP contribution in [0.3, 0.4) is 0 Å². The Morgan fingerprint density at radius 3 is 2.43 bits per heavy atom. The number of azide groups is 1. The van der Waals surface area contributed by atoms with Crippen LogP contribution in [0, 0.1) is 0 Å². The lowest BCUT2D eigenvalue weighted by Gasteiger charge is -2.37. The first kappa shape index (κ1) is 11.2. The fourth-order valence-corrected chi connectivity index (χ4v) is 1.27. The maximum absolute atomic E-state index is 9.37. The molecule has 0 aromatic carbocycles. The lowest BCUT2D eigenvalue weighted by molar-refractivity contribution is -0.248. The largest absolute Gasteiger partial charge is 0.394 e. The fraction of sp³-hybridized carbons (Fsp3) is 1.00. The van der Waals surface area contributed by atoms with Crippen molar-refractivity contribution < 1.29 is 25.2 Å². The molecule has 1 heterocycles. The SMILES string of the molecule is [N-]=[N+]=N[C@H]1C(O)[C@@H](O)C(CO)O[C@H]1O. The Morgan fingerprint density at radius 2 is 1.93 bits per heavy atom. The van der Waals surface area contributed by atoms with Gasteiger partial charge < -0.3 is 25.2 Å². The van der Waals surface area contributed by atoms with Gasteiger partial charge in [0.2, 0.25) is 0 Å². The van der Waals surface area contributed by atoms with Crippen molar-refractivity contribution in [2.24, 2.45) is 5.11 Å². The first-order valence-electron chi connectivity index (χ1n) is 3.96. The van der Waals surface area contributed by atoms with E-state index in [2.05, 4.69) is 10.0 Å². The second kappa shape index (κ2) is 4.56. The van der Waals surface area contributed by atoms with Crippen molar-refractivity contribution in [3.8, 4) is 0 Å². The Bertz CT molecular complexity index is 244. The molecule has 14 heavy (non-hydrogen) atoms. The Labute approximate surface area is 79.0 Å². The smallest absolute Gasteiger partial charge is 0.166 e. The zero-order valence-corrected chi connectivity index (χ0v) is 7.13. The molecule has 0 saturated carbocycles. The average Bonchev–Trinajstić information content (AvgIpc) is 2.18. The lowest BCUT2D eigenvalue weighted by atomic mass is 9.98. The van der Waals surface area contributed by atoms with Gasteiger partial charge in [0.1, 0.15) is 18.2 Å². The molecule has 1 rings (SSSR count). The van der Waals surface area contributed by atoms with E-state index in [0.29, 0.717) is 0 Å². The van der Waals surface area contributed by atoms with E-state index in [1.165, 1.54) is 0 Å². The maximum atomic E-state index is 9.37. The Hall–Kier alpha value is -0.890. The van der Waals surface area contributed by atoms with Crippen molar-refractivity contribution in [2.45, 2.75) is 30.6 Å². The summed E-state index contributed by atoms with van der Waals surface area (Å²) in [5, 5.41) is 39.7. The number of rotatable bonds is 2. The van der Waals surface area contributed by atoms with Gasteiger partial charge in [0.15, 0.2) is 6.29 Å². The van der Waals surface area contributed by atoms with E-state index in [1.807, 2.05) is 0 Å². The van der Waals surface area contributed by atoms with Crippen LogP contribution >= 0.6 is 0 Å². The van der Waals surface area contributed by atoms with Crippen LogP contribution in [0.2, 0.25) is 0 Å². The van der Waals surface area contributed by atoms with Gasteiger partial charge in [-0.15, -0.1) is 0 Å². The summed E-state index contributed by atoms with van der Waals surface area (Å²) in [6.45, 7) is -0.543. The predicted octanol–water partition coefficient (Wildman–Crippen LogP) is -1.90. The van der Waals surface area contributed by atoms with E-state index < -0.39 is 37.3 Å². The van der Waals surface area contributed by atoms with Crippen LogP contribution in [0.4, 0.5) is 0 Å². The Balaban J connectivity index is 2.78. The molecule has 4 N–H and O–H groups in total. The van der Waals surface area contributed by atoms with Gasteiger partial charge in [0.25, 0.3) is 0 Å². The molecule has 0 aliphatic carbocycles. The molecular formula is C6H11N3O5. The molecule has 0 bridgehead atoms. The fourth-order valence-electron chi connectivity index (χ4n) is 1.27. The standard InChI is InChI=1S/C6H11N3O5/c7-9-8-3-5(12)4(11)2(1-10)14-6(3)13/h2-6,10-13H,1H2/t2?,3-,4-,5?,6+/m0/s1. The second-order valence-electron chi connectivity index (χ2n) is 2.92. The van der Waals surface area contributed by atoms with Gasteiger partial charge >= 0.3 is 0 Å². The summed E-state index contributed by atoms with van der Waals surface area (Å²) in [4.78, 5) is 2.40. The third kappa shape index (κ3) is 1.95. The zero-order chi connectivity index (χ0) is 10.7. The van der Waals surface area contributed by atoms with Crippen molar-refractivity contribution in [3.05, 3.63) is 10.4 Å². The summed E-state index contributed by atoms with van der Waals surface area (Å²) < 4.78 is 4.71. The molecule has 2 unspecified atom stereocenters. The third-order valence-corrected chi connectivity index (χ3v) is 2.05. The molecule has 0 amide bonds. The van der Waals surface area contributed by atoms with Crippen LogP contribution in [0.5, 0.6) is 0 Å². The zero-order valence-electron chi connectivity index (χ0n) is 7.13. The number of aliphatic hydroxyl groups is 4. The van der Waals surface area contributed by atoms with Gasteiger partial charge in [-0.2, -0.15) is 0 Å². The number of nitrogens with zero attached hydrogens (tertiary/aromatic N) is 3.